The minimum Gasteiger partial charge on any atom is -0.497 e. The van der Waals surface area contributed by atoms with Crippen LogP contribution in [0.1, 0.15) is 5.56 Å². The molecule has 29 heavy (non-hydrogen) atoms. The van der Waals surface area contributed by atoms with Crippen LogP contribution in [-0.4, -0.2) is 29.0 Å². The summed E-state index contributed by atoms with van der Waals surface area (Å²) in [5.74, 6) is 0.593. The Bertz CT molecular complexity index is 1350. The smallest absolute Gasteiger partial charge is 0.355 e. The molecule has 0 radical (unpaired) electrons. The second-order valence-corrected chi connectivity index (χ2v) is 10.7. The Morgan fingerprint density at radius 3 is 2.38 bits per heavy atom. The van der Waals surface area contributed by atoms with Gasteiger partial charge in [0.1, 0.15) is 11.3 Å². The van der Waals surface area contributed by atoms with E-state index in [0.717, 1.165) is 11.5 Å². The molecule has 0 fully saturated rings. The van der Waals surface area contributed by atoms with Gasteiger partial charge in [0, 0.05) is 15.8 Å². The SMILES string of the molecule is COc1ccc(/C=C\S(=O)(=O)CS(=O)(=O)c2cc3cc(Cl)ccc3oc2=O)cc1. The van der Waals surface area contributed by atoms with Crippen molar-refractivity contribution in [2.75, 3.05) is 12.2 Å². The molecule has 3 rings (SSSR count). The molecule has 7 nitrogen and oxygen atoms in total. The van der Waals surface area contributed by atoms with Crippen LogP contribution < -0.4 is 10.4 Å². The van der Waals surface area contributed by atoms with Gasteiger partial charge in [0.25, 0.3) is 0 Å². The number of hydrogen-bond donors (Lipinski definition) is 0. The van der Waals surface area contributed by atoms with Gasteiger partial charge in [0.15, 0.2) is 29.7 Å². The first-order valence-corrected chi connectivity index (χ1v) is 11.9. The lowest BCUT2D eigenvalue weighted by Crippen LogP contribution is -2.21. The fourth-order valence-corrected chi connectivity index (χ4v) is 6.21. The van der Waals surface area contributed by atoms with Gasteiger partial charge in [-0.05, 0) is 48.0 Å². The van der Waals surface area contributed by atoms with Crippen LogP contribution in [-0.2, 0) is 19.7 Å². The number of fused-ring (bicyclic) bond motifs is 1. The van der Waals surface area contributed by atoms with Crippen LogP contribution in [0.3, 0.4) is 0 Å². The van der Waals surface area contributed by atoms with Crippen LogP contribution in [0.5, 0.6) is 5.75 Å². The second kappa shape index (κ2) is 8.02. The quantitative estimate of drug-likeness (QED) is 0.526. The summed E-state index contributed by atoms with van der Waals surface area (Å²) in [5.41, 5.74) is -0.471. The Morgan fingerprint density at radius 2 is 1.72 bits per heavy atom. The molecule has 0 N–H and O–H groups in total. The number of sulfone groups is 2. The maximum Gasteiger partial charge on any atom is 0.355 e. The summed E-state index contributed by atoms with van der Waals surface area (Å²) >= 11 is 5.87. The van der Waals surface area contributed by atoms with Crippen molar-refractivity contribution >= 4 is 48.3 Å². The zero-order chi connectivity index (χ0) is 21.2. The summed E-state index contributed by atoms with van der Waals surface area (Å²) < 4.78 is 59.7. The molecule has 3 aromatic rings. The number of benzene rings is 2. The Labute approximate surface area is 172 Å². The molecule has 0 amide bonds. The van der Waals surface area contributed by atoms with Crippen LogP contribution in [0.4, 0.5) is 0 Å². The standard InChI is InChI=1S/C19H15ClO7S2/c1-26-16-5-2-13(3-6-16)8-9-28(22,23)12-29(24,25)18-11-14-10-15(20)4-7-17(14)27-19(18)21/h2-11H,12H2,1H3/b9-8-. The van der Waals surface area contributed by atoms with Gasteiger partial charge in [-0.1, -0.05) is 23.7 Å². The molecule has 0 atom stereocenters. The largest absolute Gasteiger partial charge is 0.497 e. The van der Waals surface area contributed by atoms with Crippen molar-refractivity contribution in [1.29, 1.82) is 0 Å². The molecule has 152 valence electrons. The van der Waals surface area contributed by atoms with E-state index < -0.39 is 35.3 Å². The third-order valence-corrected chi connectivity index (χ3v) is 8.20. The lowest BCUT2D eigenvalue weighted by molar-refractivity contribution is 0.415. The van der Waals surface area contributed by atoms with Gasteiger partial charge < -0.3 is 9.15 Å². The van der Waals surface area contributed by atoms with Crippen molar-refractivity contribution in [3.63, 3.8) is 0 Å². The molecule has 0 unspecified atom stereocenters. The molecule has 1 aromatic heterocycles. The van der Waals surface area contributed by atoms with E-state index in [-0.39, 0.29) is 11.0 Å². The highest BCUT2D eigenvalue weighted by atomic mass is 35.5. The van der Waals surface area contributed by atoms with Crippen LogP contribution in [0, 0.1) is 0 Å². The third-order valence-electron chi connectivity index (χ3n) is 3.90. The average Bonchev–Trinajstić information content (AvgIpc) is 2.65. The predicted molar refractivity (Wildman–Crippen MR) is 110 cm³/mol. The summed E-state index contributed by atoms with van der Waals surface area (Å²) in [7, 11) is -7.16. The normalized spacial score (nSPS) is 12.5. The van der Waals surface area contributed by atoms with E-state index >= 15 is 0 Å². The van der Waals surface area contributed by atoms with Crippen molar-refractivity contribution < 1.29 is 26.0 Å². The van der Waals surface area contributed by atoms with E-state index in [0.29, 0.717) is 16.3 Å². The minimum atomic E-state index is -4.48. The van der Waals surface area contributed by atoms with Crippen LogP contribution >= 0.6 is 11.6 Å². The predicted octanol–water partition coefficient (Wildman–Crippen LogP) is 3.27. The molecular weight excluding hydrogens is 440 g/mol. The summed E-state index contributed by atoms with van der Waals surface area (Å²) in [6, 6.07) is 11.9. The van der Waals surface area contributed by atoms with E-state index in [4.69, 9.17) is 20.8 Å². The van der Waals surface area contributed by atoms with Gasteiger partial charge in [-0.25, -0.2) is 21.6 Å². The molecular formula is C19H15ClO7S2. The lowest BCUT2D eigenvalue weighted by Gasteiger charge is -2.04. The topological polar surface area (TPSA) is 108 Å². The minimum absolute atomic E-state index is 0.139. The Balaban J connectivity index is 1.91. The maximum absolute atomic E-state index is 12.6. The van der Waals surface area contributed by atoms with Gasteiger partial charge in [-0.2, -0.15) is 0 Å². The van der Waals surface area contributed by atoms with E-state index in [9.17, 15) is 21.6 Å². The van der Waals surface area contributed by atoms with Crippen LogP contribution in [0.15, 0.2) is 68.0 Å². The van der Waals surface area contributed by atoms with Crippen molar-refractivity contribution in [1.82, 2.24) is 0 Å². The molecule has 10 heteroatoms. The van der Waals surface area contributed by atoms with Gasteiger partial charge >= 0.3 is 5.63 Å². The Morgan fingerprint density at radius 1 is 1.03 bits per heavy atom. The number of rotatable bonds is 6. The number of ether oxygens (including phenoxy) is 1. The molecule has 0 saturated heterocycles. The molecule has 0 aliphatic carbocycles. The maximum atomic E-state index is 12.6. The number of halogens is 1. The fourth-order valence-electron chi connectivity index (χ4n) is 2.51. The molecule has 0 saturated carbocycles. The van der Waals surface area contributed by atoms with Crippen LogP contribution in [0.2, 0.25) is 5.02 Å². The summed E-state index contributed by atoms with van der Waals surface area (Å²) in [5, 5.41) is 0.0849. The van der Waals surface area contributed by atoms with Crippen molar-refractivity contribution in [2.45, 2.75) is 4.90 Å². The highest BCUT2D eigenvalue weighted by Gasteiger charge is 2.26. The van der Waals surface area contributed by atoms with Gasteiger partial charge in [0.2, 0.25) is 0 Å². The number of methoxy groups -OCH3 is 1. The van der Waals surface area contributed by atoms with Gasteiger partial charge in [-0.15, -0.1) is 0 Å². The highest BCUT2D eigenvalue weighted by molar-refractivity contribution is 8.09. The second-order valence-electron chi connectivity index (χ2n) is 6.05. The molecule has 1 heterocycles. The van der Waals surface area contributed by atoms with E-state index in [1.54, 1.807) is 24.3 Å². The van der Waals surface area contributed by atoms with E-state index in [1.165, 1.54) is 31.4 Å². The summed E-state index contributed by atoms with van der Waals surface area (Å²) in [6.07, 6.45) is 1.26. The fraction of sp³-hybridized carbons (Fsp3) is 0.105. The zero-order valence-electron chi connectivity index (χ0n) is 15.0. The zero-order valence-corrected chi connectivity index (χ0v) is 17.4. The first-order valence-electron chi connectivity index (χ1n) is 8.11. The van der Waals surface area contributed by atoms with E-state index in [1.807, 2.05) is 0 Å². The average molecular weight is 455 g/mol. The summed E-state index contributed by atoms with van der Waals surface area (Å²) in [6.45, 7) is 0. The van der Waals surface area contributed by atoms with Gasteiger partial charge in [-0.3, -0.25) is 0 Å². The van der Waals surface area contributed by atoms with Gasteiger partial charge in [0.05, 0.1) is 7.11 Å². The third kappa shape index (κ3) is 5.06. The number of hydrogen-bond acceptors (Lipinski definition) is 7. The van der Waals surface area contributed by atoms with Crippen molar-refractivity contribution in [2.24, 2.45) is 0 Å². The summed E-state index contributed by atoms with van der Waals surface area (Å²) in [4.78, 5) is 11.3. The van der Waals surface area contributed by atoms with Crippen LogP contribution in [0.25, 0.3) is 17.0 Å². The highest BCUT2D eigenvalue weighted by Crippen LogP contribution is 2.22. The molecule has 2 aromatic carbocycles. The monoisotopic (exact) mass is 454 g/mol. The first kappa shape index (κ1) is 21.1. The van der Waals surface area contributed by atoms with E-state index in [2.05, 4.69) is 0 Å². The first-order chi connectivity index (χ1) is 13.6. The Kier molecular flexibility index (Phi) is 5.83. The molecule has 0 aliphatic rings. The van der Waals surface area contributed by atoms with Crippen molar-refractivity contribution in [3.8, 4) is 5.75 Å². The molecule has 0 bridgehead atoms. The Hall–Kier alpha value is -2.62. The molecule has 0 spiro atoms. The molecule has 0 aliphatic heterocycles. The van der Waals surface area contributed by atoms with Crippen molar-refractivity contribution in [3.05, 3.63) is 74.9 Å². The lowest BCUT2D eigenvalue weighted by atomic mass is 10.2.